The van der Waals surface area contributed by atoms with Crippen molar-refractivity contribution in [2.75, 3.05) is 5.73 Å². The molecule has 0 spiro atoms. The molecule has 0 atom stereocenters. The zero-order valence-electron chi connectivity index (χ0n) is 37.9. The van der Waals surface area contributed by atoms with Crippen LogP contribution in [0.5, 0.6) is 0 Å². The molecule has 0 saturated carbocycles. The molecule has 2 heteroatoms. The normalized spacial score (nSPS) is 13.1. The highest BCUT2D eigenvalue weighted by molar-refractivity contribution is 9.10. The topological polar surface area (TPSA) is 26.0 Å². The molecule has 0 heterocycles. The minimum absolute atomic E-state index is 0.301. The van der Waals surface area contributed by atoms with Gasteiger partial charge in [0.05, 0.1) is 10.8 Å². The van der Waals surface area contributed by atoms with E-state index in [1.807, 2.05) is 30.3 Å². The number of para-hydroxylation sites is 1. The van der Waals surface area contributed by atoms with Crippen LogP contribution in [0.3, 0.4) is 0 Å². The molecule has 2 aliphatic rings. The Morgan fingerprint density at radius 2 is 0.687 bits per heavy atom. The van der Waals surface area contributed by atoms with Gasteiger partial charge in [-0.2, -0.15) is 0 Å². The van der Waals surface area contributed by atoms with Gasteiger partial charge in [0, 0.05) is 10.2 Å². The SMILES string of the molecule is Cc1ccc(C2(c3cccc(Br)c3)c3ccccc3-c3ccccc32)cc1.Cc1ccc(C2(c3cccc(Cc4ccccc4)c3)c3ccccc3-c3ccccc32)cc1.Nc1ccccc1. The zero-order chi connectivity index (χ0) is 45.8. The second-order valence-electron chi connectivity index (χ2n) is 17.7. The maximum absolute atomic E-state index is 5.36. The van der Waals surface area contributed by atoms with Crippen LogP contribution in [-0.2, 0) is 17.3 Å². The van der Waals surface area contributed by atoms with Crippen LogP contribution in [0, 0.1) is 13.8 Å². The Morgan fingerprint density at radius 1 is 0.328 bits per heavy atom. The molecule has 0 saturated heterocycles. The molecule has 1 nitrogen and oxygen atoms in total. The van der Waals surface area contributed by atoms with Gasteiger partial charge in [0.15, 0.2) is 0 Å². The highest BCUT2D eigenvalue weighted by Gasteiger charge is 2.47. The van der Waals surface area contributed by atoms with Crippen molar-refractivity contribution in [1.29, 1.82) is 0 Å². The number of aryl methyl sites for hydroxylation is 2. The predicted molar refractivity (Wildman–Crippen MR) is 285 cm³/mol. The number of fused-ring (bicyclic) bond motifs is 6. The lowest BCUT2D eigenvalue weighted by Crippen LogP contribution is -2.28. The summed E-state index contributed by atoms with van der Waals surface area (Å²) >= 11 is 3.70. The van der Waals surface area contributed by atoms with Gasteiger partial charge in [-0.3, -0.25) is 0 Å². The molecule has 0 fully saturated rings. The third kappa shape index (κ3) is 8.02. The minimum Gasteiger partial charge on any atom is -0.399 e. The molecule has 12 rings (SSSR count). The van der Waals surface area contributed by atoms with Gasteiger partial charge in [-0.05, 0) is 122 Å². The lowest BCUT2D eigenvalue weighted by Gasteiger charge is -2.34. The van der Waals surface area contributed by atoms with E-state index in [0.29, 0.717) is 0 Å². The van der Waals surface area contributed by atoms with E-state index in [9.17, 15) is 0 Å². The smallest absolute Gasteiger partial charge is 0.0713 e. The van der Waals surface area contributed by atoms with Crippen molar-refractivity contribution >= 4 is 21.6 Å². The van der Waals surface area contributed by atoms with Gasteiger partial charge in [-0.15, -0.1) is 0 Å². The summed E-state index contributed by atoms with van der Waals surface area (Å²) in [5, 5.41) is 0. The average Bonchev–Trinajstić information content (AvgIpc) is 3.84. The summed E-state index contributed by atoms with van der Waals surface area (Å²) in [5.41, 5.74) is 26.8. The highest BCUT2D eigenvalue weighted by atomic mass is 79.9. The van der Waals surface area contributed by atoms with Gasteiger partial charge >= 0.3 is 0 Å². The standard InChI is InChI=1S/C33H26.C26H19Br.C6H7N/c1-24-18-20-27(21-19-24)33(28-13-9-12-26(23-28)22-25-10-3-2-4-11-25)31-16-7-5-14-29(31)30-15-6-8-17-32(30)33;1-18-13-15-19(16-14-18)26(20-7-6-8-21(27)17-20)24-11-4-2-9-22(24)23-10-3-5-12-25(23)26;7-6-4-2-1-3-5-6/h2-21,23H,22H2,1H3;2-17H,1H3;1-5H,7H2. The van der Waals surface area contributed by atoms with E-state index in [0.717, 1.165) is 16.6 Å². The molecular formula is C65H52BrN. The minimum atomic E-state index is -0.326. The number of hydrogen-bond acceptors (Lipinski definition) is 1. The largest absolute Gasteiger partial charge is 0.399 e. The van der Waals surface area contributed by atoms with Crippen LogP contribution in [0.4, 0.5) is 5.69 Å². The van der Waals surface area contributed by atoms with E-state index in [4.69, 9.17) is 5.73 Å². The molecule has 324 valence electrons. The predicted octanol–water partition coefficient (Wildman–Crippen LogP) is 16.3. The average molecular weight is 927 g/mol. The first-order valence-corrected chi connectivity index (χ1v) is 23.9. The maximum atomic E-state index is 5.36. The Kier molecular flexibility index (Phi) is 12.1. The highest BCUT2D eigenvalue weighted by Crippen LogP contribution is 2.57. The van der Waals surface area contributed by atoms with Crippen LogP contribution in [0.25, 0.3) is 22.3 Å². The molecule has 0 bridgehead atoms. The molecule has 0 aromatic heterocycles. The molecule has 10 aromatic rings. The number of nitrogen functional groups attached to an aromatic ring is 1. The van der Waals surface area contributed by atoms with Crippen molar-refractivity contribution in [3.63, 3.8) is 0 Å². The van der Waals surface area contributed by atoms with E-state index >= 15 is 0 Å². The van der Waals surface area contributed by atoms with Crippen molar-refractivity contribution in [1.82, 2.24) is 0 Å². The number of benzene rings is 10. The molecule has 10 aromatic carbocycles. The van der Waals surface area contributed by atoms with E-state index in [2.05, 4.69) is 254 Å². The van der Waals surface area contributed by atoms with Crippen LogP contribution in [0.2, 0.25) is 0 Å². The number of hydrogen-bond donors (Lipinski definition) is 1. The summed E-state index contributed by atoms with van der Waals surface area (Å²) in [5.74, 6) is 0. The molecule has 2 N–H and O–H groups in total. The summed E-state index contributed by atoms with van der Waals surface area (Å²) in [6.07, 6.45) is 0.932. The molecule has 0 amide bonds. The Bertz CT molecular complexity index is 3210. The fraction of sp³-hybridized carbons (Fsp3) is 0.0769. The van der Waals surface area contributed by atoms with Gasteiger partial charge in [0.1, 0.15) is 0 Å². The van der Waals surface area contributed by atoms with Crippen LogP contribution >= 0.6 is 15.9 Å². The summed E-state index contributed by atoms with van der Waals surface area (Å²) in [7, 11) is 0. The second kappa shape index (κ2) is 18.8. The fourth-order valence-electron chi connectivity index (χ4n) is 10.6. The first-order chi connectivity index (χ1) is 32.9. The van der Waals surface area contributed by atoms with Crippen LogP contribution in [0.15, 0.2) is 259 Å². The van der Waals surface area contributed by atoms with Crippen LogP contribution in [-0.4, -0.2) is 0 Å². The second-order valence-corrected chi connectivity index (χ2v) is 18.6. The van der Waals surface area contributed by atoms with Gasteiger partial charge in [-0.1, -0.05) is 258 Å². The Balaban J connectivity index is 0.000000139. The molecule has 0 unspecified atom stereocenters. The van der Waals surface area contributed by atoms with Gasteiger partial charge in [0.2, 0.25) is 0 Å². The van der Waals surface area contributed by atoms with Crippen LogP contribution < -0.4 is 5.73 Å². The lowest BCUT2D eigenvalue weighted by atomic mass is 9.67. The van der Waals surface area contributed by atoms with Crippen molar-refractivity contribution in [2.45, 2.75) is 31.1 Å². The number of halogens is 1. The summed E-state index contributed by atoms with van der Waals surface area (Å²) in [6.45, 7) is 4.31. The van der Waals surface area contributed by atoms with Gasteiger partial charge in [0.25, 0.3) is 0 Å². The molecule has 2 aliphatic carbocycles. The first kappa shape index (κ1) is 43.4. The third-order valence-corrected chi connectivity index (χ3v) is 14.0. The first-order valence-electron chi connectivity index (χ1n) is 23.1. The Morgan fingerprint density at radius 3 is 1.09 bits per heavy atom. The lowest BCUT2D eigenvalue weighted by molar-refractivity contribution is 0.766. The summed E-state index contributed by atoms with van der Waals surface area (Å²) < 4.78 is 1.10. The molecule has 0 radical (unpaired) electrons. The van der Waals surface area contributed by atoms with Crippen molar-refractivity contribution in [3.05, 3.63) is 326 Å². The third-order valence-electron chi connectivity index (χ3n) is 13.5. The fourth-order valence-corrected chi connectivity index (χ4v) is 11.0. The van der Waals surface area contributed by atoms with Crippen molar-refractivity contribution in [2.24, 2.45) is 0 Å². The summed E-state index contributed by atoms with van der Waals surface area (Å²) in [4.78, 5) is 0. The van der Waals surface area contributed by atoms with E-state index in [1.165, 1.54) is 89.0 Å². The Labute approximate surface area is 404 Å². The number of nitrogens with two attached hydrogens (primary N) is 1. The number of rotatable bonds is 6. The van der Waals surface area contributed by atoms with Gasteiger partial charge in [-0.25, -0.2) is 0 Å². The number of anilines is 1. The Hall–Kier alpha value is -7.52. The van der Waals surface area contributed by atoms with E-state index in [1.54, 1.807) is 0 Å². The molecule has 0 aliphatic heterocycles. The monoisotopic (exact) mass is 925 g/mol. The van der Waals surface area contributed by atoms with Crippen molar-refractivity contribution < 1.29 is 0 Å². The maximum Gasteiger partial charge on any atom is 0.0713 e. The quantitative estimate of drug-likeness (QED) is 0.165. The summed E-state index contributed by atoms with van der Waals surface area (Å²) in [6, 6.07) is 91.9. The zero-order valence-corrected chi connectivity index (χ0v) is 39.5. The van der Waals surface area contributed by atoms with Crippen LogP contribution in [0.1, 0.15) is 66.8 Å². The van der Waals surface area contributed by atoms with E-state index < -0.39 is 0 Å². The van der Waals surface area contributed by atoms with Crippen molar-refractivity contribution in [3.8, 4) is 22.3 Å². The molecular weight excluding hydrogens is 875 g/mol. The molecule has 67 heavy (non-hydrogen) atoms. The van der Waals surface area contributed by atoms with E-state index in [-0.39, 0.29) is 10.8 Å². The van der Waals surface area contributed by atoms with Gasteiger partial charge < -0.3 is 5.73 Å².